The van der Waals surface area contributed by atoms with E-state index < -0.39 is 0 Å². The third kappa shape index (κ3) is 4.27. The molecule has 0 fully saturated rings. The highest BCUT2D eigenvalue weighted by molar-refractivity contribution is 5.86. The first-order chi connectivity index (χ1) is 19.1. The number of para-hydroxylation sites is 1. The molecule has 5 aromatic rings. The average Bonchev–Trinajstić information content (AvgIpc) is 3.38. The van der Waals surface area contributed by atoms with Crippen LogP contribution in [0.15, 0.2) is 73.1 Å². The summed E-state index contributed by atoms with van der Waals surface area (Å²) >= 11 is 0. The third-order valence-electron chi connectivity index (χ3n) is 7.37. The molecular weight excluding hydrogens is 492 g/mol. The zero-order valence-electron chi connectivity index (χ0n) is 22.4. The lowest BCUT2D eigenvalue weighted by Crippen LogP contribution is -2.37. The lowest BCUT2D eigenvalue weighted by molar-refractivity contribution is 0.354. The van der Waals surface area contributed by atoms with Crippen LogP contribution in [0.25, 0.3) is 22.0 Å². The Bertz CT molecular complexity index is 1630. The molecule has 1 N–H and O–H groups in total. The maximum Gasteiger partial charge on any atom is 0.226 e. The molecule has 0 radical (unpaired) electrons. The van der Waals surface area contributed by atoms with Crippen LogP contribution in [0.3, 0.4) is 0 Å². The molecular formula is C31H30N4O4. The number of aromatic amines is 1. The summed E-state index contributed by atoms with van der Waals surface area (Å²) in [4.78, 5) is 15.6. The van der Waals surface area contributed by atoms with Gasteiger partial charge in [-0.15, -0.1) is 0 Å². The van der Waals surface area contributed by atoms with Crippen molar-refractivity contribution in [2.45, 2.75) is 12.5 Å². The van der Waals surface area contributed by atoms with E-state index in [1.165, 1.54) is 10.9 Å². The van der Waals surface area contributed by atoms with Crippen molar-refractivity contribution < 1.29 is 18.9 Å². The molecule has 39 heavy (non-hydrogen) atoms. The molecule has 0 bridgehead atoms. The van der Waals surface area contributed by atoms with Gasteiger partial charge in [-0.3, -0.25) is 0 Å². The van der Waals surface area contributed by atoms with Gasteiger partial charge in [-0.2, -0.15) is 0 Å². The summed E-state index contributed by atoms with van der Waals surface area (Å²) in [6, 6.07) is 20.2. The number of aromatic nitrogens is 3. The van der Waals surface area contributed by atoms with Crippen molar-refractivity contribution in [1.29, 1.82) is 0 Å². The zero-order chi connectivity index (χ0) is 26.9. The van der Waals surface area contributed by atoms with Crippen LogP contribution >= 0.6 is 0 Å². The fraction of sp³-hybridized carbons (Fsp3) is 0.226. The Morgan fingerprint density at radius 2 is 1.41 bits per heavy atom. The van der Waals surface area contributed by atoms with Crippen molar-refractivity contribution in [3.63, 3.8) is 0 Å². The van der Waals surface area contributed by atoms with Gasteiger partial charge in [0.05, 0.1) is 34.5 Å². The van der Waals surface area contributed by atoms with Gasteiger partial charge in [0.25, 0.3) is 0 Å². The molecule has 0 amide bonds. The largest absolute Gasteiger partial charge is 0.493 e. The number of H-pyrrole nitrogens is 1. The molecule has 2 aromatic heterocycles. The van der Waals surface area contributed by atoms with Gasteiger partial charge in [0.2, 0.25) is 5.95 Å². The number of benzene rings is 3. The molecule has 3 aromatic carbocycles. The molecule has 0 aliphatic carbocycles. The molecule has 3 heterocycles. The topological polar surface area (TPSA) is 81.7 Å². The first-order valence-corrected chi connectivity index (χ1v) is 12.8. The zero-order valence-corrected chi connectivity index (χ0v) is 22.4. The van der Waals surface area contributed by atoms with Crippen LogP contribution in [-0.2, 0) is 6.42 Å². The number of nitrogens with one attached hydrogen (secondary N) is 1. The normalized spacial score (nSPS) is 14.7. The quantitative estimate of drug-likeness (QED) is 0.289. The molecule has 8 nitrogen and oxygen atoms in total. The number of hydrogen-bond acceptors (Lipinski definition) is 7. The van der Waals surface area contributed by atoms with E-state index in [1.807, 2.05) is 42.7 Å². The van der Waals surface area contributed by atoms with E-state index in [0.717, 1.165) is 40.9 Å². The first-order valence-electron chi connectivity index (χ1n) is 12.8. The SMILES string of the molecule is COc1ccc(-c2cnc(N3CCc4c([nH]c5ccccc45)C3c3ccc(OC)c(OC)c3)nc2)cc1OC. The second-order valence-corrected chi connectivity index (χ2v) is 9.36. The molecule has 1 unspecified atom stereocenters. The molecule has 198 valence electrons. The summed E-state index contributed by atoms with van der Waals surface area (Å²) in [6.45, 7) is 0.767. The number of hydrogen-bond donors (Lipinski definition) is 1. The predicted octanol–water partition coefficient (Wildman–Crippen LogP) is 5.81. The lowest BCUT2D eigenvalue weighted by atomic mass is 9.92. The summed E-state index contributed by atoms with van der Waals surface area (Å²) < 4.78 is 22.0. The minimum absolute atomic E-state index is 0.132. The van der Waals surface area contributed by atoms with Crippen molar-refractivity contribution in [3.05, 3.63) is 89.9 Å². The highest BCUT2D eigenvalue weighted by Crippen LogP contribution is 2.42. The second kappa shape index (κ2) is 10.2. The summed E-state index contributed by atoms with van der Waals surface area (Å²) in [5.41, 5.74) is 6.50. The average molecular weight is 523 g/mol. The molecule has 0 saturated heterocycles. The highest BCUT2D eigenvalue weighted by atomic mass is 16.5. The maximum absolute atomic E-state index is 5.65. The first kappa shape index (κ1) is 24.6. The monoisotopic (exact) mass is 522 g/mol. The van der Waals surface area contributed by atoms with E-state index in [4.69, 9.17) is 28.9 Å². The fourth-order valence-electron chi connectivity index (χ4n) is 5.46. The van der Waals surface area contributed by atoms with Crippen LogP contribution in [0.4, 0.5) is 5.95 Å². The van der Waals surface area contributed by atoms with Gasteiger partial charge >= 0.3 is 0 Å². The molecule has 8 heteroatoms. The van der Waals surface area contributed by atoms with Gasteiger partial charge in [0.15, 0.2) is 23.0 Å². The number of rotatable bonds is 7. The Kier molecular flexibility index (Phi) is 6.44. The number of anilines is 1. The number of nitrogens with zero attached hydrogens (tertiary/aromatic N) is 3. The minimum Gasteiger partial charge on any atom is -0.493 e. The number of fused-ring (bicyclic) bond motifs is 3. The fourth-order valence-corrected chi connectivity index (χ4v) is 5.46. The molecule has 0 spiro atoms. The van der Waals surface area contributed by atoms with Gasteiger partial charge in [0.1, 0.15) is 0 Å². The Hall–Kier alpha value is -4.72. The second-order valence-electron chi connectivity index (χ2n) is 9.36. The lowest BCUT2D eigenvalue weighted by Gasteiger charge is -2.36. The van der Waals surface area contributed by atoms with Crippen LogP contribution in [0.5, 0.6) is 23.0 Å². The summed E-state index contributed by atoms with van der Waals surface area (Å²) in [7, 11) is 6.56. The van der Waals surface area contributed by atoms with Crippen LogP contribution in [0, 0.1) is 0 Å². The molecule has 0 saturated carbocycles. The third-order valence-corrected chi connectivity index (χ3v) is 7.37. The molecule has 1 aliphatic heterocycles. The van der Waals surface area contributed by atoms with Crippen LogP contribution < -0.4 is 23.8 Å². The number of methoxy groups -OCH3 is 4. The van der Waals surface area contributed by atoms with E-state index in [-0.39, 0.29) is 6.04 Å². The van der Waals surface area contributed by atoms with Crippen LogP contribution in [0.2, 0.25) is 0 Å². The van der Waals surface area contributed by atoms with Crippen LogP contribution in [-0.4, -0.2) is 49.9 Å². The van der Waals surface area contributed by atoms with Gasteiger partial charge < -0.3 is 28.8 Å². The van der Waals surface area contributed by atoms with E-state index in [0.29, 0.717) is 28.9 Å². The van der Waals surface area contributed by atoms with Gasteiger partial charge in [-0.1, -0.05) is 30.3 Å². The van der Waals surface area contributed by atoms with E-state index in [9.17, 15) is 0 Å². The maximum atomic E-state index is 5.65. The molecule has 6 rings (SSSR count). The van der Waals surface area contributed by atoms with E-state index in [1.54, 1.807) is 28.4 Å². The van der Waals surface area contributed by atoms with Crippen molar-refractivity contribution in [2.75, 3.05) is 39.9 Å². The van der Waals surface area contributed by atoms with Crippen molar-refractivity contribution >= 4 is 16.9 Å². The summed E-state index contributed by atoms with van der Waals surface area (Å²) in [5.74, 6) is 3.37. The highest BCUT2D eigenvalue weighted by Gasteiger charge is 2.33. The van der Waals surface area contributed by atoms with Crippen molar-refractivity contribution in [3.8, 4) is 34.1 Å². The van der Waals surface area contributed by atoms with Crippen LogP contribution in [0.1, 0.15) is 22.9 Å². The summed E-state index contributed by atoms with van der Waals surface area (Å²) in [5, 5.41) is 1.25. The van der Waals surface area contributed by atoms with Gasteiger partial charge in [0, 0.05) is 41.1 Å². The van der Waals surface area contributed by atoms with Gasteiger partial charge in [-0.25, -0.2) is 9.97 Å². The summed E-state index contributed by atoms with van der Waals surface area (Å²) in [6.07, 6.45) is 4.59. The van der Waals surface area contributed by atoms with E-state index >= 15 is 0 Å². The molecule has 1 atom stereocenters. The van der Waals surface area contributed by atoms with E-state index in [2.05, 4.69) is 40.2 Å². The Morgan fingerprint density at radius 1 is 0.744 bits per heavy atom. The Labute approximate surface area is 227 Å². The minimum atomic E-state index is -0.132. The van der Waals surface area contributed by atoms with Crippen molar-refractivity contribution in [2.24, 2.45) is 0 Å². The Morgan fingerprint density at radius 3 is 2.13 bits per heavy atom. The molecule has 1 aliphatic rings. The van der Waals surface area contributed by atoms with Gasteiger partial charge in [-0.05, 0) is 53.4 Å². The van der Waals surface area contributed by atoms with Crippen molar-refractivity contribution in [1.82, 2.24) is 15.0 Å². The predicted molar refractivity (Wildman–Crippen MR) is 151 cm³/mol. The number of ether oxygens (including phenoxy) is 4. The Balaban J connectivity index is 1.43. The standard InChI is InChI=1S/C31H30N4O4/c1-36-25-11-9-19(15-27(25)38-3)21-17-32-31(33-18-21)35-14-13-23-22-7-5-6-8-24(22)34-29(23)30(35)20-10-12-26(37-2)28(16-20)39-4/h5-12,15-18,30,34H,13-14H2,1-4H3. The smallest absolute Gasteiger partial charge is 0.226 e.